The highest BCUT2D eigenvalue weighted by atomic mass is 16.5. The van der Waals surface area contributed by atoms with Crippen molar-refractivity contribution in [3.8, 4) is 11.9 Å². The highest BCUT2D eigenvalue weighted by Crippen LogP contribution is 2.43. The number of aromatic nitrogens is 4. The van der Waals surface area contributed by atoms with Crippen LogP contribution in [-0.2, 0) is 7.05 Å². The van der Waals surface area contributed by atoms with Crippen LogP contribution in [0.25, 0.3) is 0 Å². The first-order valence-corrected chi connectivity index (χ1v) is 6.15. The summed E-state index contributed by atoms with van der Waals surface area (Å²) in [4.78, 5) is 0. The van der Waals surface area contributed by atoms with Crippen LogP contribution < -0.4 is 10.5 Å². The second kappa shape index (κ2) is 4.13. The molecule has 0 unspecified atom stereocenters. The fraction of sp³-hybridized carbons (Fsp3) is 0.308. The summed E-state index contributed by atoms with van der Waals surface area (Å²) in [7, 11) is 1.85. The standard InChI is InChI=1S/C13H14N6O/c1-6-9(5-19(3)18-6)11-8(4-14)12(15)20-13-10(11)7(2)16-17-13/h5,11H,15H2,1-3H3,(H,16,17)/t11-/m0/s1. The normalized spacial score (nSPS) is 17.6. The maximum atomic E-state index is 9.42. The van der Waals surface area contributed by atoms with Crippen molar-refractivity contribution in [3.05, 3.63) is 40.2 Å². The predicted octanol–water partition coefficient (Wildman–Crippen LogP) is 0.978. The summed E-state index contributed by atoms with van der Waals surface area (Å²) in [6, 6.07) is 2.15. The van der Waals surface area contributed by atoms with Crippen molar-refractivity contribution >= 4 is 0 Å². The van der Waals surface area contributed by atoms with Gasteiger partial charge >= 0.3 is 0 Å². The number of allylic oxidation sites excluding steroid dienone is 1. The molecule has 2 aromatic heterocycles. The lowest BCUT2D eigenvalue weighted by Crippen LogP contribution is -2.21. The minimum absolute atomic E-state index is 0.0970. The van der Waals surface area contributed by atoms with Crippen LogP contribution in [0.15, 0.2) is 17.7 Å². The van der Waals surface area contributed by atoms with Crippen molar-refractivity contribution in [1.82, 2.24) is 20.0 Å². The summed E-state index contributed by atoms with van der Waals surface area (Å²) in [5.74, 6) is 0.225. The van der Waals surface area contributed by atoms with E-state index in [1.54, 1.807) is 4.68 Å². The molecule has 1 atom stereocenters. The molecule has 3 heterocycles. The summed E-state index contributed by atoms with van der Waals surface area (Å²) in [6.45, 7) is 3.80. The molecule has 3 rings (SSSR count). The number of ether oxygens (including phenoxy) is 1. The van der Waals surface area contributed by atoms with Crippen LogP contribution in [-0.4, -0.2) is 20.0 Å². The number of nitriles is 1. The molecule has 0 saturated heterocycles. The molecular formula is C13H14N6O. The zero-order valence-electron chi connectivity index (χ0n) is 11.4. The maximum Gasteiger partial charge on any atom is 0.244 e. The molecule has 102 valence electrons. The van der Waals surface area contributed by atoms with Gasteiger partial charge < -0.3 is 10.5 Å². The van der Waals surface area contributed by atoms with E-state index in [1.165, 1.54) is 0 Å². The van der Waals surface area contributed by atoms with Crippen molar-refractivity contribution < 1.29 is 4.74 Å². The Morgan fingerprint density at radius 3 is 2.85 bits per heavy atom. The second-order valence-electron chi connectivity index (χ2n) is 4.84. The minimum atomic E-state index is -0.295. The van der Waals surface area contributed by atoms with Crippen LogP contribution in [0.3, 0.4) is 0 Å². The number of hydrogen-bond acceptors (Lipinski definition) is 5. The Labute approximate surface area is 115 Å². The lowest BCUT2D eigenvalue weighted by atomic mass is 9.84. The third-order valence-corrected chi connectivity index (χ3v) is 3.49. The van der Waals surface area contributed by atoms with Crippen molar-refractivity contribution in [1.29, 1.82) is 5.26 Å². The Balaban J connectivity index is 2.28. The number of H-pyrrole nitrogens is 1. The Bertz CT molecular complexity index is 760. The smallest absolute Gasteiger partial charge is 0.244 e. The molecule has 0 aliphatic carbocycles. The van der Waals surface area contributed by atoms with Gasteiger partial charge in [0.1, 0.15) is 11.6 Å². The van der Waals surface area contributed by atoms with Gasteiger partial charge in [-0.2, -0.15) is 10.4 Å². The van der Waals surface area contributed by atoms with Gasteiger partial charge in [0.15, 0.2) is 0 Å². The van der Waals surface area contributed by atoms with E-state index in [4.69, 9.17) is 10.5 Å². The van der Waals surface area contributed by atoms with Gasteiger partial charge in [-0.3, -0.25) is 9.78 Å². The molecule has 0 aromatic carbocycles. The average molecular weight is 270 g/mol. The predicted molar refractivity (Wildman–Crippen MR) is 70.6 cm³/mol. The quantitative estimate of drug-likeness (QED) is 0.803. The number of aryl methyl sites for hydroxylation is 3. The summed E-state index contributed by atoms with van der Waals surface area (Å²) >= 11 is 0. The lowest BCUT2D eigenvalue weighted by molar-refractivity contribution is 0.378. The van der Waals surface area contributed by atoms with Gasteiger partial charge in [-0.05, 0) is 13.8 Å². The van der Waals surface area contributed by atoms with E-state index in [2.05, 4.69) is 21.4 Å². The topological polar surface area (TPSA) is 106 Å². The van der Waals surface area contributed by atoms with Gasteiger partial charge in [0.2, 0.25) is 11.8 Å². The average Bonchev–Trinajstić information content (AvgIpc) is 2.91. The van der Waals surface area contributed by atoms with Gasteiger partial charge in [0.25, 0.3) is 0 Å². The highest BCUT2D eigenvalue weighted by Gasteiger charge is 2.35. The number of nitrogens with one attached hydrogen (secondary N) is 1. The zero-order chi connectivity index (χ0) is 14.4. The number of nitrogens with two attached hydrogens (primary N) is 1. The van der Waals surface area contributed by atoms with E-state index in [1.807, 2.05) is 27.1 Å². The molecule has 0 radical (unpaired) electrons. The molecule has 0 spiro atoms. The first-order valence-electron chi connectivity index (χ1n) is 6.15. The summed E-state index contributed by atoms with van der Waals surface area (Å²) < 4.78 is 7.14. The number of aromatic amines is 1. The van der Waals surface area contributed by atoms with Crippen LogP contribution in [0.5, 0.6) is 5.88 Å². The molecule has 7 nitrogen and oxygen atoms in total. The van der Waals surface area contributed by atoms with E-state index in [-0.39, 0.29) is 11.8 Å². The maximum absolute atomic E-state index is 9.42. The third kappa shape index (κ3) is 1.58. The first-order chi connectivity index (χ1) is 9.52. The molecule has 0 fully saturated rings. The van der Waals surface area contributed by atoms with Crippen molar-refractivity contribution in [2.45, 2.75) is 19.8 Å². The summed E-state index contributed by atoms with van der Waals surface area (Å²) in [5.41, 5.74) is 9.72. The van der Waals surface area contributed by atoms with Crippen LogP contribution >= 0.6 is 0 Å². The fourth-order valence-corrected chi connectivity index (χ4v) is 2.61. The molecule has 7 heteroatoms. The van der Waals surface area contributed by atoms with E-state index < -0.39 is 0 Å². The lowest BCUT2D eigenvalue weighted by Gasteiger charge is -2.22. The molecule has 0 bridgehead atoms. The minimum Gasteiger partial charge on any atom is -0.420 e. The number of hydrogen-bond donors (Lipinski definition) is 2. The molecule has 1 aliphatic rings. The van der Waals surface area contributed by atoms with Gasteiger partial charge in [0, 0.05) is 30.1 Å². The molecule has 0 amide bonds. The molecule has 2 aromatic rings. The van der Waals surface area contributed by atoms with Crippen molar-refractivity contribution in [3.63, 3.8) is 0 Å². The van der Waals surface area contributed by atoms with Crippen LogP contribution in [0, 0.1) is 25.2 Å². The van der Waals surface area contributed by atoms with Crippen LogP contribution in [0.1, 0.15) is 28.4 Å². The van der Waals surface area contributed by atoms with Gasteiger partial charge in [-0.15, -0.1) is 5.10 Å². The van der Waals surface area contributed by atoms with E-state index in [9.17, 15) is 5.26 Å². The Hall–Kier alpha value is -2.75. The fourth-order valence-electron chi connectivity index (χ4n) is 2.61. The van der Waals surface area contributed by atoms with E-state index in [0.717, 1.165) is 22.5 Å². The van der Waals surface area contributed by atoms with Crippen LogP contribution in [0.2, 0.25) is 0 Å². The van der Waals surface area contributed by atoms with Gasteiger partial charge in [-0.25, -0.2) is 0 Å². The second-order valence-corrected chi connectivity index (χ2v) is 4.84. The third-order valence-electron chi connectivity index (χ3n) is 3.49. The highest BCUT2D eigenvalue weighted by molar-refractivity contribution is 5.55. The Morgan fingerprint density at radius 1 is 1.50 bits per heavy atom. The molecule has 3 N–H and O–H groups in total. The SMILES string of the molecule is Cc1nn(C)cc1[C@@H]1C(C#N)=C(N)Oc2n[nH]c(C)c21. The summed E-state index contributed by atoms with van der Waals surface area (Å²) in [5, 5.41) is 20.7. The molecular weight excluding hydrogens is 256 g/mol. The Morgan fingerprint density at radius 2 is 2.25 bits per heavy atom. The molecule has 0 saturated carbocycles. The number of rotatable bonds is 1. The number of fused-ring (bicyclic) bond motifs is 1. The van der Waals surface area contributed by atoms with Crippen molar-refractivity contribution in [2.24, 2.45) is 12.8 Å². The largest absolute Gasteiger partial charge is 0.420 e. The first kappa shape index (κ1) is 12.3. The van der Waals surface area contributed by atoms with Crippen molar-refractivity contribution in [2.75, 3.05) is 0 Å². The van der Waals surface area contributed by atoms with Gasteiger partial charge in [0.05, 0.1) is 11.6 Å². The molecule has 1 aliphatic heterocycles. The monoisotopic (exact) mass is 270 g/mol. The Kier molecular flexibility index (Phi) is 2.54. The van der Waals surface area contributed by atoms with E-state index in [0.29, 0.717) is 11.5 Å². The van der Waals surface area contributed by atoms with E-state index >= 15 is 0 Å². The zero-order valence-corrected chi connectivity index (χ0v) is 11.4. The number of nitrogens with zero attached hydrogens (tertiary/aromatic N) is 4. The summed E-state index contributed by atoms with van der Waals surface area (Å²) in [6.07, 6.45) is 1.90. The van der Waals surface area contributed by atoms with Gasteiger partial charge in [-0.1, -0.05) is 0 Å². The van der Waals surface area contributed by atoms with Crippen LogP contribution in [0.4, 0.5) is 0 Å². The molecule has 20 heavy (non-hydrogen) atoms.